The minimum absolute atomic E-state index is 0.0283. The van der Waals surface area contributed by atoms with Crippen molar-refractivity contribution in [2.45, 2.75) is 6.43 Å². The molecule has 0 aromatic carbocycles. The Kier molecular flexibility index (Phi) is 3.08. The predicted octanol–water partition coefficient (Wildman–Crippen LogP) is 2.63. The highest BCUT2D eigenvalue weighted by atomic mass is 127. The zero-order valence-corrected chi connectivity index (χ0v) is 8.22. The Hall–Kier alpha value is -0.840. The molecule has 0 saturated heterocycles. The Morgan fingerprint density at radius 2 is 2.15 bits per heavy atom. The molecule has 1 rings (SSSR count). The van der Waals surface area contributed by atoms with Gasteiger partial charge in [-0.2, -0.15) is 5.26 Å². The zero-order valence-electron chi connectivity index (χ0n) is 6.06. The third kappa shape index (κ3) is 2.09. The van der Waals surface area contributed by atoms with E-state index >= 15 is 0 Å². The van der Waals surface area contributed by atoms with Gasteiger partial charge in [-0.3, -0.25) is 0 Å². The normalized spacial score (nSPS) is 10.2. The van der Waals surface area contributed by atoms with Crippen LogP contribution in [0.2, 0.25) is 0 Å². The summed E-state index contributed by atoms with van der Waals surface area (Å²) in [5.41, 5.74) is -1.18. The second-order valence-corrected chi connectivity index (χ2v) is 3.27. The van der Waals surface area contributed by atoms with Crippen LogP contribution in [0.1, 0.15) is 17.8 Å². The first kappa shape index (κ1) is 10.2. The quantitative estimate of drug-likeness (QED) is 0.747. The van der Waals surface area contributed by atoms with E-state index in [-0.39, 0.29) is 3.57 Å². The predicted molar refractivity (Wildman–Crippen MR) is 46.6 cm³/mol. The molecule has 0 atom stereocenters. The van der Waals surface area contributed by atoms with E-state index < -0.39 is 23.6 Å². The number of aromatic nitrogens is 1. The van der Waals surface area contributed by atoms with Gasteiger partial charge in [0.25, 0.3) is 6.43 Å². The van der Waals surface area contributed by atoms with E-state index in [0.717, 1.165) is 6.07 Å². The van der Waals surface area contributed by atoms with Crippen molar-refractivity contribution in [1.82, 2.24) is 4.98 Å². The molecule has 0 spiro atoms. The average molecular weight is 298 g/mol. The number of pyridine rings is 1. The van der Waals surface area contributed by atoms with Crippen molar-refractivity contribution in [3.8, 4) is 6.07 Å². The van der Waals surface area contributed by atoms with Gasteiger partial charge in [0.2, 0.25) is 0 Å². The summed E-state index contributed by atoms with van der Waals surface area (Å²) in [5, 5.41) is 8.35. The number of nitrogens with zero attached hydrogens (tertiary/aromatic N) is 2. The average Bonchev–Trinajstić information content (AvgIpc) is 2.09. The van der Waals surface area contributed by atoms with Crippen LogP contribution in [0.3, 0.4) is 0 Å². The van der Waals surface area contributed by atoms with E-state index in [1.54, 1.807) is 0 Å². The zero-order chi connectivity index (χ0) is 10.0. The SMILES string of the molecule is N#Cc1nc(C(F)F)cc(I)c1F. The number of alkyl halides is 2. The molecule has 1 heterocycles. The summed E-state index contributed by atoms with van der Waals surface area (Å²) >= 11 is 1.53. The van der Waals surface area contributed by atoms with Gasteiger partial charge in [0.1, 0.15) is 11.8 Å². The number of nitriles is 1. The molecule has 1 aromatic heterocycles. The summed E-state index contributed by atoms with van der Waals surface area (Å²) in [5.74, 6) is -0.854. The number of halogens is 4. The summed E-state index contributed by atoms with van der Waals surface area (Å²) in [7, 11) is 0. The van der Waals surface area contributed by atoms with Crippen LogP contribution < -0.4 is 0 Å². The topological polar surface area (TPSA) is 36.7 Å². The van der Waals surface area contributed by atoms with Gasteiger partial charge in [-0.05, 0) is 28.7 Å². The van der Waals surface area contributed by atoms with E-state index in [4.69, 9.17) is 5.26 Å². The van der Waals surface area contributed by atoms with Crippen molar-refractivity contribution in [2.24, 2.45) is 0 Å². The van der Waals surface area contributed by atoms with Crippen molar-refractivity contribution in [2.75, 3.05) is 0 Å². The van der Waals surface area contributed by atoms with Gasteiger partial charge in [-0.1, -0.05) is 0 Å². The molecule has 2 nitrogen and oxygen atoms in total. The summed E-state index contributed by atoms with van der Waals surface area (Å²) in [6.45, 7) is 0. The lowest BCUT2D eigenvalue weighted by atomic mass is 10.3. The minimum Gasteiger partial charge on any atom is -0.233 e. The number of hydrogen-bond acceptors (Lipinski definition) is 2. The Morgan fingerprint density at radius 3 is 2.62 bits per heavy atom. The van der Waals surface area contributed by atoms with Crippen LogP contribution in [0.4, 0.5) is 13.2 Å². The van der Waals surface area contributed by atoms with Crippen molar-refractivity contribution in [1.29, 1.82) is 5.26 Å². The molecule has 0 aliphatic carbocycles. The summed E-state index contributed by atoms with van der Waals surface area (Å²) in [4.78, 5) is 3.16. The Balaban J connectivity index is 3.32. The number of rotatable bonds is 1. The molecule has 0 aliphatic rings. The van der Waals surface area contributed by atoms with Gasteiger partial charge in [0.05, 0.1) is 3.57 Å². The molecule has 6 heteroatoms. The molecule has 0 aliphatic heterocycles. The van der Waals surface area contributed by atoms with Gasteiger partial charge in [0.15, 0.2) is 11.5 Å². The van der Waals surface area contributed by atoms with Crippen LogP contribution in [-0.2, 0) is 0 Å². The highest BCUT2D eigenvalue weighted by molar-refractivity contribution is 14.1. The molecule has 1 aromatic rings. The highest BCUT2D eigenvalue weighted by Gasteiger charge is 2.15. The molecule has 0 radical (unpaired) electrons. The maximum absolute atomic E-state index is 12.9. The fraction of sp³-hybridized carbons (Fsp3) is 0.143. The molecular weight excluding hydrogens is 296 g/mol. The van der Waals surface area contributed by atoms with Crippen LogP contribution in [0.25, 0.3) is 0 Å². The van der Waals surface area contributed by atoms with Crippen LogP contribution in [-0.4, -0.2) is 4.98 Å². The van der Waals surface area contributed by atoms with E-state index in [1.807, 2.05) is 0 Å². The smallest absolute Gasteiger partial charge is 0.233 e. The lowest BCUT2D eigenvalue weighted by molar-refractivity contribution is 0.145. The summed E-state index contributed by atoms with van der Waals surface area (Å²) in [6, 6.07) is 2.33. The highest BCUT2D eigenvalue weighted by Crippen LogP contribution is 2.21. The monoisotopic (exact) mass is 298 g/mol. The Labute approximate surface area is 85.5 Å². The van der Waals surface area contributed by atoms with Gasteiger partial charge >= 0.3 is 0 Å². The molecule has 0 fully saturated rings. The van der Waals surface area contributed by atoms with E-state index in [0.29, 0.717) is 0 Å². The molecule has 0 N–H and O–H groups in total. The van der Waals surface area contributed by atoms with Gasteiger partial charge < -0.3 is 0 Å². The maximum Gasteiger partial charge on any atom is 0.280 e. The van der Waals surface area contributed by atoms with E-state index in [2.05, 4.69) is 4.98 Å². The second-order valence-electron chi connectivity index (χ2n) is 2.10. The summed E-state index contributed by atoms with van der Waals surface area (Å²) in [6.07, 6.45) is -2.79. The van der Waals surface area contributed by atoms with Gasteiger partial charge in [-0.15, -0.1) is 0 Å². The lowest BCUT2D eigenvalue weighted by Crippen LogP contribution is -1.99. The maximum atomic E-state index is 12.9. The van der Waals surface area contributed by atoms with Crippen molar-refractivity contribution in [3.63, 3.8) is 0 Å². The fourth-order valence-electron chi connectivity index (χ4n) is 0.703. The van der Waals surface area contributed by atoms with Crippen molar-refractivity contribution >= 4 is 22.6 Å². The van der Waals surface area contributed by atoms with E-state index in [1.165, 1.54) is 28.7 Å². The fourth-order valence-corrected chi connectivity index (χ4v) is 1.28. The van der Waals surface area contributed by atoms with Gasteiger partial charge in [0, 0.05) is 0 Å². The van der Waals surface area contributed by atoms with Crippen LogP contribution in [0.15, 0.2) is 6.07 Å². The Bertz CT molecular complexity index is 373. The third-order valence-corrected chi connectivity index (χ3v) is 2.05. The van der Waals surface area contributed by atoms with Gasteiger partial charge in [-0.25, -0.2) is 18.2 Å². The minimum atomic E-state index is -2.79. The molecule has 0 saturated carbocycles. The largest absolute Gasteiger partial charge is 0.280 e. The second kappa shape index (κ2) is 3.91. The van der Waals surface area contributed by atoms with Crippen LogP contribution in [0, 0.1) is 20.7 Å². The van der Waals surface area contributed by atoms with Crippen LogP contribution in [0.5, 0.6) is 0 Å². The lowest BCUT2D eigenvalue weighted by Gasteiger charge is -2.01. The van der Waals surface area contributed by atoms with E-state index in [9.17, 15) is 13.2 Å². The third-order valence-electron chi connectivity index (χ3n) is 1.26. The van der Waals surface area contributed by atoms with Crippen molar-refractivity contribution in [3.05, 3.63) is 26.8 Å². The summed E-state index contributed by atoms with van der Waals surface area (Å²) < 4.78 is 37.1. The molecule has 0 unspecified atom stereocenters. The molecule has 0 amide bonds. The van der Waals surface area contributed by atoms with Crippen molar-refractivity contribution < 1.29 is 13.2 Å². The number of hydrogen-bond donors (Lipinski definition) is 0. The first-order chi connectivity index (χ1) is 6.06. The molecule has 68 valence electrons. The molecule has 0 bridgehead atoms. The molecular formula is C7H2F3IN2. The Morgan fingerprint density at radius 1 is 1.54 bits per heavy atom. The van der Waals surface area contributed by atoms with Crippen LogP contribution >= 0.6 is 22.6 Å². The standard InChI is InChI=1S/C7H2F3IN2/c8-6-3(11)1-4(7(9)10)13-5(6)2-12/h1,7H. The first-order valence-corrected chi connectivity index (χ1v) is 4.18. The molecule has 13 heavy (non-hydrogen) atoms. The first-order valence-electron chi connectivity index (χ1n) is 3.10.